The number of aliphatic hydroxyl groups is 3. The van der Waals surface area contributed by atoms with Gasteiger partial charge in [-0.2, -0.15) is 0 Å². The highest BCUT2D eigenvalue weighted by atomic mass is 32.2. The summed E-state index contributed by atoms with van der Waals surface area (Å²) in [4.78, 5) is 150. The molecule has 10 amide bonds. The molecule has 15 N–H and O–H groups in total. The van der Waals surface area contributed by atoms with Crippen molar-refractivity contribution in [3.63, 3.8) is 0 Å². The first-order chi connectivity index (χ1) is 42.0. The normalized spacial score (nSPS) is 21.0. The molecule has 2 saturated heterocycles. The number of aromatic nitrogens is 1. The SMILES string of the molecule is CC.CC.CCC.CCC(C)C1NC(=O)CNC(=O)CNC(=O)C([C@@H](C)C(O)CO)NC(=O)C2C[C@@H](O)CN2C(=O)C(CC(=O)NCc2ccc(NC(=O)C(C)NC)cc2)NC(=O)[C@H](CSc2[nH]c3ccccc3c2C)NC(=O)CNC1=O.CNCC=O. The Morgan fingerprint density at radius 2 is 1.35 bits per heavy atom. The van der Waals surface area contributed by atoms with Gasteiger partial charge in [0.15, 0.2) is 0 Å². The number of carbonyl (C=O) groups excluding carboxylic acids is 11. The molecule has 2 aromatic carbocycles. The van der Waals surface area contributed by atoms with Gasteiger partial charge in [-0.05, 0) is 63.2 Å². The molecule has 0 bridgehead atoms. The predicted octanol–water partition coefficient (Wildman–Crippen LogP) is -0.00668. The number of thioether (sulfide) groups is 1. The van der Waals surface area contributed by atoms with Crippen LogP contribution in [0.3, 0.4) is 0 Å². The number of hydrogen-bond acceptors (Lipinski definition) is 17. The molecule has 0 aliphatic carbocycles. The van der Waals surface area contributed by atoms with E-state index in [4.69, 9.17) is 0 Å². The van der Waals surface area contributed by atoms with Crippen molar-refractivity contribution in [1.29, 1.82) is 0 Å². The van der Waals surface area contributed by atoms with E-state index in [9.17, 15) is 68.1 Å². The van der Waals surface area contributed by atoms with E-state index in [0.29, 0.717) is 29.2 Å². The Kier molecular flexibility index (Phi) is 37.8. The van der Waals surface area contributed by atoms with E-state index in [-0.39, 0.29) is 24.6 Å². The Labute approximate surface area is 520 Å². The Balaban J connectivity index is 0.00000298. The molecule has 27 nitrogen and oxygen atoms in total. The molecule has 88 heavy (non-hydrogen) atoms. The van der Waals surface area contributed by atoms with Crippen LogP contribution in [0.1, 0.15) is 106 Å². The maximum Gasteiger partial charge on any atom is 0.246 e. The minimum atomic E-state index is -1.77. The Morgan fingerprint density at radius 1 is 0.761 bits per heavy atom. The number of aldehydes is 1. The van der Waals surface area contributed by atoms with Gasteiger partial charge in [0.25, 0.3) is 0 Å². The summed E-state index contributed by atoms with van der Waals surface area (Å²) in [5, 5.41) is 61.3. The molecular formula is C60H97N13O14S. The summed E-state index contributed by atoms with van der Waals surface area (Å²) in [6, 6.07) is 5.93. The van der Waals surface area contributed by atoms with Gasteiger partial charge in [0.2, 0.25) is 59.1 Å². The molecule has 2 fully saturated rings. The van der Waals surface area contributed by atoms with E-state index in [1.165, 1.54) is 13.3 Å². The number of nitrogens with zero attached hydrogens (tertiary/aromatic N) is 1. The zero-order chi connectivity index (χ0) is 66.6. The van der Waals surface area contributed by atoms with Crippen molar-refractivity contribution in [3.8, 4) is 0 Å². The van der Waals surface area contributed by atoms with Crippen molar-refractivity contribution in [1.82, 2.24) is 63.1 Å². The second-order valence-corrected chi connectivity index (χ2v) is 21.4. The van der Waals surface area contributed by atoms with Crippen molar-refractivity contribution >= 4 is 93.7 Å². The average Bonchev–Trinajstić information content (AvgIpc) is 2.48. The van der Waals surface area contributed by atoms with Crippen LogP contribution in [-0.2, 0) is 59.3 Å². The van der Waals surface area contributed by atoms with Gasteiger partial charge < -0.3 is 88.5 Å². The van der Waals surface area contributed by atoms with Gasteiger partial charge in [0, 0.05) is 47.8 Å². The number of fused-ring (bicyclic) bond motifs is 2. The number of likely N-dealkylation sites (N-methyl/N-ethyl adjacent to an activating group) is 2. The van der Waals surface area contributed by atoms with Crippen LogP contribution >= 0.6 is 11.8 Å². The Morgan fingerprint density at radius 3 is 1.92 bits per heavy atom. The number of hydrogen-bond donors (Lipinski definition) is 15. The number of anilines is 1. The van der Waals surface area contributed by atoms with Gasteiger partial charge in [-0.15, -0.1) is 11.8 Å². The van der Waals surface area contributed by atoms with Gasteiger partial charge in [0.05, 0.1) is 62.5 Å². The Hall–Kier alpha value is -7.50. The number of benzene rings is 2. The fraction of sp³-hybridized carbons (Fsp3) is 0.583. The smallest absolute Gasteiger partial charge is 0.246 e. The minimum Gasteiger partial charge on any atom is -0.394 e. The zero-order valence-electron chi connectivity index (χ0n) is 53.1. The molecular weight excluding hydrogens is 1160 g/mol. The van der Waals surface area contributed by atoms with Crippen LogP contribution in [0.4, 0.5) is 5.69 Å². The van der Waals surface area contributed by atoms with Crippen LogP contribution < -0.4 is 58.5 Å². The molecule has 2 aliphatic rings. The van der Waals surface area contributed by atoms with Gasteiger partial charge >= 0.3 is 0 Å². The predicted molar refractivity (Wildman–Crippen MR) is 337 cm³/mol. The highest BCUT2D eigenvalue weighted by molar-refractivity contribution is 7.99. The minimum absolute atomic E-state index is 0.0717. The zero-order valence-corrected chi connectivity index (χ0v) is 54.0. The number of nitrogens with one attached hydrogen (secondary N) is 12. The van der Waals surface area contributed by atoms with Gasteiger partial charge in [-0.3, -0.25) is 47.9 Å². The first kappa shape index (κ1) is 78.5. The van der Waals surface area contributed by atoms with Crippen molar-refractivity contribution in [2.24, 2.45) is 11.8 Å². The number of H-pyrrole nitrogens is 1. The van der Waals surface area contributed by atoms with Crippen LogP contribution in [0.5, 0.6) is 0 Å². The first-order valence-corrected chi connectivity index (χ1v) is 30.9. The van der Waals surface area contributed by atoms with Crippen LogP contribution in [0.25, 0.3) is 10.9 Å². The number of rotatable bonds is 17. The van der Waals surface area contributed by atoms with E-state index in [1.54, 1.807) is 59.1 Å². The molecule has 1 aromatic heterocycles. The third kappa shape index (κ3) is 26.1. The molecule has 0 radical (unpaired) electrons. The van der Waals surface area contributed by atoms with E-state index in [2.05, 4.69) is 77.3 Å². The fourth-order valence-corrected chi connectivity index (χ4v) is 9.48. The molecule has 492 valence electrons. The van der Waals surface area contributed by atoms with Gasteiger partial charge in [0.1, 0.15) is 36.5 Å². The number of aliphatic hydroxyl groups excluding tert-OH is 3. The second kappa shape index (κ2) is 42.4. The molecule has 7 unspecified atom stereocenters. The summed E-state index contributed by atoms with van der Waals surface area (Å²) >= 11 is 1.16. The maximum atomic E-state index is 14.8. The number of para-hydroxylation sites is 1. The molecule has 0 spiro atoms. The summed E-state index contributed by atoms with van der Waals surface area (Å²) in [5.41, 5.74) is 2.72. The molecule has 5 rings (SSSR count). The molecule has 28 heteroatoms. The molecule has 0 saturated carbocycles. The monoisotopic (exact) mass is 1260 g/mol. The van der Waals surface area contributed by atoms with Gasteiger partial charge in [-0.25, -0.2) is 0 Å². The maximum absolute atomic E-state index is 14.8. The number of aryl methyl sites for hydroxylation is 1. The lowest BCUT2D eigenvalue weighted by Crippen LogP contribution is -2.61. The molecule has 10 atom stereocenters. The van der Waals surface area contributed by atoms with Crippen molar-refractivity contribution < 1.29 is 68.1 Å². The molecule has 2 aliphatic heterocycles. The van der Waals surface area contributed by atoms with Crippen molar-refractivity contribution in [2.45, 2.75) is 162 Å². The van der Waals surface area contributed by atoms with Crippen molar-refractivity contribution in [3.05, 3.63) is 59.7 Å². The summed E-state index contributed by atoms with van der Waals surface area (Å²) in [6.45, 7) is 17.6. The topological polar surface area (TPSA) is 400 Å². The number of amides is 10. The van der Waals surface area contributed by atoms with E-state index < -0.39 is 153 Å². The highest BCUT2D eigenvalue weighted by Gasteiger charge is 2.44. The summed E-state index contributed by atoms with van der Waals surface area (Å²) in [6.07, 6.45) is -1.56. The lowest BCUT2D eigenvalue weighted by molar-refractivity contribution is -0.144. The standard InChI is InChI=1S/C50H70N12O13S.C3H7NO.C3H8.2C2H6/c1-7-25(2)42-47(73)55-21-40(68)57-35(24-76-49-26(3)32-10-8-9-11-33(32)59-49)45(71)58-34(17-38(66)52-18-29-12-14-30(15-13-29)56-44(70)28(5)51-6)50(75)62-22-31(64)16-36(62)46(72)61-43(27(4)37(65)23-63)48(74)54-19-39(67)53-20-41(69)60-42;1-4-2-3-5;1-3-2;2*1-2/h8-15,25,27-28,31,34-37,42-43,51,59,63-65H,7,16-24H2,1-6H3,(H,52,66)(H,53,67)(H,54,74)(H,55,73)(H,56,70)(H,57,68)(H,58,71)(H,60,69)(H,61,72);3-4H,2H2,1H3;3H2,1-2H3;2*1-2H3/t25?,27-,28?,31+,34?,35-,36?,37?,42?,43?;;;;/m0..../s1. The lowest BCUT2D eigenvalue weighted by atomic mass is 9.94. The van der Waals surface area contributed by atoms with E-state index >= 15 is 0 Å². The average molecular weight is 1260 g/mol. The van der Waals surface area contributed by atoms with Crippen LogP contribution in [0.2, 0.25) is 0 Å². The first-order valence-electron chi connectivity index (χ1n) is 29.9. The largest absolute Gasteiger partial charge is 0.394 e. The summed E-state index contributed by atoms with van der Waals surface area (Å²) in [5.74, 6) is -10.1. The summed E-state index contributed by atoms with van der Waals surface area (Å²) < 4.78 is 0. The van der Waals surface area contributed by atoms with E-state index in [0.717, 1.165) is 39.4 Å². The lowest BCUT2D eigenvalue weighted by Gasteiger charge is -2.32. The number of carbonyl (C=O) groups is 11. The fourth-order valence-electron chi connectivity index (χ4n) is 8.40. The third-order valence-electron chi connectivity index (χ3n) is 13.7. The van der Waals surface area contributed by atoms with Crippen molar-refractivity contribution in [2.75, 3.05) is 64.5 Å². The quantitative estimate of drug-likeness (QED) is 0.0624. The van der Waals surface area contributed by atoms with Crippen LogP contribution in [0, 0.1) is 18.8 Å². The van der Waals surface area contributed by atoms with E-state index in [1.807, 2.05) is 58.9 Å². The van der Waals surface area contributed by atoms with Crippen LogP contribution in [0.15, 0.2) is 53.6 Å². The highest BCUT2D eigenvalue weighted by Crippen LogP contribution is 2.29. The molecule has 3 heterocycles. The third-order valence-corrected chi connectivity index (χ3v) is 14.9. The number of aromatic amines is 1. The van der Waals surface area contributed by atoms with Gasteiger partial charge in [-0.1, -0.05) is 105 Å². The second-order valence-electron chi connectivity index (χ2n) is 20.4. The Bertz CT molecular complexity index is 2720. The summed E-state index contributed by atoms with van der Waals surface area (Å²) in [7, 11) is 3.37. The van der Waals surface area contributed by atoms with Crippen LogP contribution in [-0.4, -0.2) is 198 Å². The molecule has 3 aromatic rings.